The lowest BCUT2D eigenvalue weighted by atomic mass is 10.2. The largest absolute Gasteiger partial charge is 0.486 e. The number of halogens is 2. The topological polar surface area (TPSA) is 50.8 Å². The molecule has 0 aliphatic carbocycles. The van der Waals surface area contributed by atoms with Gasteiger partial charge >= 0.3 is 0 Å². The second-order valence-electron chi connectivity index (χ2n) is 6.23. The summed E-state index contributed by atoms with van der Waals surface area (Å²) in [7, 11) is 1.76. The smallest absolute Gasteiger partial charge is 0.241 e. The zero-order valence-electron chi connectivity index (χ0n) is 14.5. The highest BCUT2D eigenvalue weighted by atomic mass is 19.1. The first kappa shape index (κ1) is 18.1. The number of nitrogens with zero attached hydrogens (tertiary/aromatic N) is 1. The van der Waals surface area contributed by atoms with Gasteiger partial charge in [-0.05, 0) is 38.2 Å². The SMILES string of the molecule is C[C@H](C(=O)Nc1cc(F)ccc1F)N(C)C[C@H]1COc2ccccc2O1. The van der Waals surface area contributed by atoms with E-state index < -0.39 is 23.6 Å². The first-order valence-corrected chi connectivity index (χ1v) is 8.28. The predicted molar refractivity (Wildman–Crippen MR) is 93.4 cm³/mol. The Morgan fingerprint density at radius 1 is 1.27 bits per heavy atom. The van der Waals surface area contributed by atoms with Gasteiger partial charge in [0.15, 0.2) is 11.5 Å². The van der Waals surface area contributed by atoms with Crippen LogP contribution in [0.2, 0.25) is 0 Å². The molecule has 26 heavy (non-hydrogen) atoms. The van der Waals surface area contributed by atoms with Crippen LogP contribution in [0.5, 0.6) is 11.5 Å². The Labute approximate surface area is 150 Å². The summed E-state index contributed by atoms with van der Waals surface area (Å²) in [5.41, 5.74) is -0.179. The number of benzene rings is 2. The number of hydrogen-bond acceptors (Lipinski definition) is 4. The second kappa shape index (κ2) is 7.70. The molecule has 1 N–H and O–H groups in total. The number of fused-ring (bicyclic) bond motifs is 1. The minimum atomic E-state index is -0.685. The Morgan fingerprint density at radius 2 is 2.00 bits per heavy atom. The van der Waals surface area contributed by atoms with Crippen molar-refractivity contribution in [3.8, 4) is 11.5 Å². The van der Waals surface area contributed by atoms with E-state index in [9.17, 15) is 13.6 Å². The first-order chi connectivity index (χ1) is 12.4. The third kappa shape index (κ3) is 4.11. The zero-order chi connectivity index (χ0) is 18.7. The fourth-order valence-electron chi connectivity index (χ4n) is 2.66. The number of amides is 1. The van der Waals surface area contributed by atoms with Crippen LogP contribution in [0.1, 0.15) is 6.92 Å². The summed E-state index contributed by atoms with van der Waals surface area (Å²) in [6.07, 6.45) is -0.240. The maximum absolute atomic E-state index is 13.7. The van der Waals surface area contributed by atoms with E-state index >= 15 is 0 Å². The molecule has 0 saturated carbocycles. The van der Waals surface area contributed by atoms with Crippen molar-refractivity contribution in [3.63, 3.8) is 0 Å². The monoisotopic (exact) mass is 362 g/mol. The lowest BCUT2D eigenvalue weighted by molar-refractivity contribution is -0.120. The van der Waals surface area contributed by atoms with Crippen LogP contribution >= 0.6 is 0 Å². The van der Waals surface area contributed by atoms with Crippen molar-refractivity contribution >= 4 is 11.6 Å². The highest BCUT2D eigenvalue weighted by molar-refractivity contribution is 5.94. The molecule has 0 aromatic heterocycles. The average Bonchev–Trinajstić information content (AvgIpc) is 2.64. The van der Waals surface area contributed by atoms with Gasteiger partial charge in [-0.25, -0.2) is 8.78 Å². The zero-order valence-corrected chi connectivity index (χ0v) is 14.5. The van der Waals surface area contributed by atoms with Gasteiger partial charge in [0.1, 0.15) is 24.3 Å². The number of ether oxygens (including phenoxy) is 2. The van der Waals surface area contributed by atoms with Gasteiger partial charge in [-0.15, -0.1) is 0 Å². The van der Waals surface area contributed by atoms with E-state index in [1.807, 2.05) is 24.3 Å². The Hall–Kier alpha value is -2.67. The molecule has 2 atom stereocenters. The van der Waals surface area contributed by atoms with Crippen LogP contribution in [-0.4, -0.2) is 43.2 Å². The standard InChI is InChI=1S/C19H20F2N2O3/c1-12(19(24)22-16-9-13(20)7-8-15(16)21)23(2)10-14-11-25-17-5-3-4-6-18(17)26-14/h3-9,12,14H,10-11H2,1-2H3,(H,22,24)/t12-,14+/m1/s1. The predicted octanol–water partition coefficient (Wildman–Crippen LogP) is 3.06. The molecular weight excluding hydrogens is 342 g/mol. The van der Waals surface area contributed by atoms with Crippen molar-refractivity contribution in [3.05, 3.63) is 54.1 Å². The first-order valence-electron chi connectivity index (χ1n) is 8.28. The van der Waals surface area contributed by atoms with Crippen molar-refractivity contribution in [1.82, 2.24) is 4.90 Å². The van der Waals surface area contributed by atoms with Crippen LogP contribution in [0.4, 0.5) is 14.5 Å². The maximum Gasteiger partial charge on any atom is 0.241 e. The molecule has 2 aromatic carbocycles. The van der Waals surface area contributed by atoms with E-state index in [0.29, 0.717) is 24.7 Å². The van der Waals surface area contributed by atoms with Crippen LogP contribution in [-0.2, 0) is 4.79 Å². The lowest BCUT2D eigenvalue weighted by Crippen LogP contribution is -2.46. The third-order valence-electron chi connectivity index (χ3n) is 4.29. The summed E-state index contributed by atoms with van der Waals surface area (Å²) < 4.78 is 38.4. The molecule has 1 heterocycles. The molecule has 1 aliphatic rings. The average molecular weight is 362 g/mol. The van der Waals surface area contributed by atoms with Crippen molar-refractivity contribution in [2.24, 2.45) is 0 Å². The quantitative estimate of drug-likeness (QED) is 0.888. The molecule has 3 rings (SSSR count). The normalized spacial score (nSPS) is 17.0. The summed E-state index contributed by atoms with van der Waals surface area (Å²) in [6, 6.07) is 9.74. The summed E-state index contributed by atoms with van der Waals surface area (Å²) in [6.45, 7) is 2.49. The minimum absolute atomic E-state index is 0.179. The molecule has 138 valence electrons. The molecule has 5 nitrogen and oxygen atoms in total. The maximum atomic E-state index is 13.7. The van der Waals surface area contributed by atoms with Crippen molar-refractivity contribution in [2.45, 2.75) is 19.1 Å². The number of hydrogen-bond donors (Lipinski definition) is 1. The number of likely N-dealkylation sites (N-methyl/N-ethyl adjacent to an activating group) is 1. The summed E-state index contributed by atoms with van der Waals surface area (Å²) in [4.78, 5) is 14.1. The molecule has 1 aliphatic heterocycles. The van der Waals surface area contributed by atoms with Crippen LogP contribution < -0.4 is 14.8 Å². The molecule has 0 bridgehead atoms. The number of carbonyl (C=O) groups is 1. The third-order valence-corrected chi connectivity index (χ3v) is 4.29. The van der Waals surface area contributed by atoms with E-state index in [2.05, 4.69) is 5.32 Å². The highest BCUT2D eigenvalue weighted by Crippen LogP contribution is 2.31. The number of anilines is 1. The van der Waals surface area contributed by atoms with Gasteiger partial charge in [0.2, 0.25) is 5.91 Å². The van der Waals surface area contributed by atoms with E-state index in [-0.39, 0.29) is 11.8 Å². The van der Waals surface area contributed by atoms with Gasteiger partial charge in [0.05, 0.1) is 11.7 Å². The van der Waals surface area contributed by atoms with Gasteiger partial charge in [-0.3, -0.25) is 9.69 Å². The number of rotatable bonds is 5. The number of nitrogens with one attached hydrogen (secondary N) is 1. The Bertz CT molecular complexity index is 800. The van der Waals surface area contributed by atoms with Crippen LogP contribution in [0, 0.1) is 11.6 Å². The Morgan fingerprint density at radius 3 is 2.77 bits per heavy atom. The molecule has 0 spiro atoms. The van der Waals surface area contributed by atoms with E-state index in [1.165, 1.54) is 0 Å². The fraction of sp³-hybridized carbons (Fsp3) is 0.316. The molecule has 0 unspecified atom stereocenters. The van der Waals surface area contributed by atoms with Crippen molar-refractivity contribution in [1.29, 1.82) is 0 Å². The molecule has 0 radical (unpaired) electrons. The van der Waals surface area contributed by atoms with Crippen LogP contribution in [0.3, 0.4) is 0 Å². The minimum Gasteiger partial charge on any atom is -0.486 e. The van der Waals surface area contributed by atoms with Crippen molar-refractivity contribution < 1.29 is 23.0 Å². The molecular formula is C19H20F2N2O3. The Balaban J connectivity index is 1.58. The molecule has 0 fully saturated rings. The highest BCUT2D eigenvalue weighted by Gasteiger charge is 2.26. The van der Waals surface area contributed by atoms with Crippen LogP contribution in [0.15, 0.2) is 42.5 Å². The number of para-hydroxylation sites is 2. The van der Waals surface area contributed by atoms with Gasteiger partial charge < -0.3 is 14.8 Å². The van der Waals surface area contributed by atoms with Gasteiger partial charge in [0, 0.05) is 12.6 Å². The van der Waals surface area contributed by atoms with Gasteiger partial charge in [-0.2, -0.15) is 0 Å². The molecule has 7 heteroatoms. The van der Waals surface area contributed by atoms with E-state index in [4.69, 9.17) is 9.47 Å². The van der Waals surface area contributed by atoms with Crippen molar-refractivity contribution in [2.75, 3.05) is 25.5 Å². The van der Waals surface area contributed by atoms with E-state index in [0.717, 1.165) is 18.2 Å². The Kier molecular flexibility index (Phi) is 5.37. The lowest BCUT2D eigenvalue weighted by Gasteiger charge is -2.31. The molecule has 2 aromatic rings. The van der Waals surface area contributed by atoms with E-state index in [1.54, 1.807) is 18.9 Å². The van der Waals surface area contributed by atoms with Gasteiger partial charge in [-0.1, -0.05) is 12.1 Å². The number of carbonyl (C=O) groups excluding carboxylic acids is 1. The summed E-state index contributed by atoms with van der Waals surface area (Å²) in [5, 5.41) is 2.42. The summed E-state index contributed by atoms with van der Waals surface area (Å²) in [5.74, 6) is -0.381. The fourth-order valence-corrected chi connectivity index (χ4v) is 2.66. The van der Waals surface area contributed by atoms with Crippen LogP contribution in [0.25, 0.3) is 0 Å². The molecule has 1 amide bonds. The molecule has 0 saturated heterocycles. The van der Waals surface area contributed by atoms with Gasteiger partial charge in [0.25, 0.3) is 0 Å². The second-order valence-corrected chi connectivity index (χ2v) is 6.23. The summed E-state index contributed by atoms with van der Waals surface area (Å²) >= 11 is 0.